The summed E-state index contributed by atoms with van der Waals surface area (Å²) in [6.07, 6.45) is 2.24. The number of halogens is 1. The van der Waals surface area contributed by atoms with Gasteiger partial charge in [0.25, 0.3) is 0 Å². The van der Waals surface area contributed by atoms with E-state index in [9.17, 15) is 0 Å². The molecule has 1 aliphatic rings. The first kappa shape index (κ1) is 10.0. The zero-order valence-corrected chi connectivity index (χ0v) is 8.68. The molecular weight excluding hydrogens is 202 g/mol. The number of nitrogens with one attached hydrogen (secondary N) is 1. The van der Waals surface area contributed by atoms with Crippen LogP contribution in [0, 0.1) is 5.41 Å². The van der Waals surface area contributed by atoms with Crippen LogP contribution in [0.25, 0.3) is 0 Å². The van der Waals surface area contributed by atoms with Gasteiger partial charge < -0.3 is 14.8 Å². The first-order valence-corrected chi connectivity index (χ1v) is 5.18. The van der Waals surface area contributed by atoms with E-state index in [0.717, 1.165) is 25.1 Å². The van der Waals surface area contributed by atoms with E-state index in [1.165, 1.54) is 0 Å². The van der Waals surface area contributed by atoms with Gasteiger partial charge in [-0.1, -0.05) is 0 Å². The Morgan fingerprint density at radius 1 is 1.50 bits per heavy atom. The van der Waals surface area contributed by atoms with Crippen molar-refractivity contribution < 1.29 is 9.52 Å². The Balaban J connectivity index is 1.73. The lowest BCUT2D eigenvalue weighted by atomic mass is 10.1. The fourth-order valence-electron chi connectivity index (χ4n) is 1.47. The van der Waals surface area contributed by atoms with E-state index in [1.54, 1.807) is 6.07 Å². The molecule has 1 saturated carbocycles. The second kappa shape index (κ2) is 3.93. The lowest BCUT2D eigenvalue weighted by Gasteiger charge is -2.11. The molecule has 1 aliphatic carbocycles. The fourth-order valence-corrected chi connectivity index (χ4v) is 1.63. The number of hydrogen-bond acceptors (Lipinski definition) is 3. The maximum absolute atomic E-state index is 9.07. The van der Waals surface area contributed by atoms with Crippen molar-refractivity contribution in [2.75, 3.05) is 13.2 Å². The minimum atomic E-state index is 0.149. The Kier molecular flexibility index (Phi) is 2.81. The largest absolute Gasteiger partial charge is 0.448 e. The molecule has 0 amide bonds. The summed E-state index contributed by atoms with van der Waals surface area (Å²) in [5.74, 6) is 0.837. The molecule has 3 nitrogen and oxygen atoms in total. The van der Waals surface area contributed by atoms with Crippen LogP contribution in [0.3, 0.4) is 0 Å². The number of rotatable bonds is 5. The summed E-state index contributed by atoms with van der Waals surface area (Å²) < 4.78 is 5.19. The van der Waals surface area contributed by atoms with Gasteiger partial charge in [-0.15, -0.1) is 0 Å². The van der Waals surface area contributed by atoms with Crippen molar-refractivity contribution in [3.8, 4) is 0 Å². The molecule has 1 heterocycles. The zero-order chi connectivity index (χ0) is 10.0. The molecule has 4 heteroatoms. The summed E-state index contributed by atoms with van der Waals surface area (Å²) in [5, 5.41) is 12.8. The van der Waals surface area contributed by atoms with E-state index >= 15 is 0 Å². The first-order chi connectivity index (χ1) is 6.74. The maximum Gasteiger partial charge on any atom is 0.193 e. The van der Waals surface area contributed by atoms with Crippen LogP contribution in [0.1, 0.15) is 18.6 Å². The molecule has 2 rings (SSSR count). The summed E-state index contributed by atoms with van der Waals surface area (Å²) in [6, 6.07) is 3.59. The Hall–Kier alpha value is -0.510. The quantitative estimate of drug-likeness (QED) is 0.787. The summed E-state index contributed by atoms with van der Waals surface area (Å²) in [5.41, 5.74) is 0.149. The number of aliphatic hydroxyl groups is 1. The van der Waals surface area contributed by atoms with E-state index < -0.39 is 0 Å². The first-order valence-electron chi connectivity index (χ1n) is 4.80. The normalized spacial score (nSPS) is 18.4. The average Bonchev–Trinajstić information content (AvgIpc) is 2.84. The van der Waals surface area contributed by atoms with Gasteiger partial charge in [-0.05, 0) is 36.6 Å². The topological polar surface area (TPSA) is 45.4 Å². The van der Waals surface area contributed by atoms with E-state index in [4.69, 9.17) is 21.1 Å². The standard InChI is InChI=1S/C10H14ClNO2/c11-9-2-1-8(14-9)5-12-6-10(7-13)3-4-10/h1-2,12-13H,3-7H2. The molecule has 0 aliphatic heterocycles. The van der Waals surface area contributed by atoms with Crippen molar-refractivity contribution in [2.24, 2.45) is 5.41 Å². The Morgan fingerprint density at radius 3 is 2.79 bits per heavy atom. The molecule has 1 aromatic rings. The van der Waals surface area contributed by atoms with Crippen LogP contribution in [0.2, 0.25) is 5.22 Å². The fraction of sp³-hybridized carbons (Fsp3) is 0.600. The Bertz CT molecular complexity index is 307. The van der Waals surface area contributed by atoms with Gasteiger partial charge in [-0.3, -0.25) is 0 Å². The van der Waals surface area contributed by atoms with Crippen molar-refractivity contribution in [3.05, 3.63) is 23.1 Å². The molecular formula is C10H14ClNO2. The molecule has 78 valence electrons. The molecule has 0 radical (unpaired) electrons. The highest BCUT2D eigenvalue weighted by molar-refractivity contribution is 6.28. The number of hydrogen-bond donors (Lipinski definition) is 2. The monoisotopic (exact) mass is 215 g/mol. The van der Waals surface area contributed by atoms with Crippen LogP contribution in [-0.4, -0.2) is 18.3 Å². The van der Waals surface area contributed by atoms with Gasteiger partial charge in [-0.2, -0.15) is 0 Å². The van der Waals surface area contributed by atoms with Crippen LogP contribution in [0.15, 0.2) is 16.5 Å². The molecule has 0 unspecified atom stereocenters. The predicted molar refractivity (Wildman–Crippen MR) is 54.2 cm³/mol. The minimum absolute atomic E-state index is 0.149. The Labute approximate surface area is 88.1 Å². The maximum atomic E-state index is 9.07. The van der Waals surface area contributed by atoms with E-state index in [0.29, 0.717) is 11.8 Å². The molecule has 2 N–H and O–H groups in total. The van der Waals surface area contributed by atoms with Crippen molar-refractivity contribution >= 4 is 11.6 Å². The highest BCUT2D eigenvalue weighted by atomic mass is 35.5. The third-order valence-electron chi connectivity index (χ3n) is 2.72. The van der Waals surface area contributed by atoms with Crippen molar-refractivity contribution in [2.45, 2.75) is 19.4 Å². The van der Waals surface area contributed by atoms with Gasteiger partial charge in [0, 0.05) is 18.6 Å². The third kappa shape index (κ3) is 2.29. The molecule has 1 aromatic heterocycles. The second-order valence-electron chi connectivity index (χ2n) is 3.97. The van der Waals surface area contributed by atoms with Crippen LogP contribution >= 0.6 is 11.6 Å². The molecule has 1 fully saturated rings. The number of furan rings is 1. The van der Waals surface area contributed by atoms with E-state index in [1.807, 2.05) is 6.07 Å². The molecule has 0 saturated heterocycles. The molecule has 0 spiro atoms. The average molecular weight is 216 g/mol. The third-order valence-corrected chi connectivity index (χ3v) is 2.92. The summed E-state index contributed by atoms with van der Waals surface area (Å²) >= 11 is 5.63. The lowest BCUT2D eigenvalue weighted by molar-refractivity contribution is 0.206. The highest BCUT2D eigenvalue weighted by Gasteiger charge is 2.41. The van der Waals surface area contributed by atoms with Gasteiger partial charge >= 0.3 is 0 Å². The van der Waals surface area contributed by atoms with Gasteiger partial charge in [-0.25, -0.2) is 0 Å². The van der Waals surface area contributed by atoms with Crippen LogP contribution in [0.5, 0.6) is 0 Å². The zero-order valence-electron chi connectivity index (χ0n) is 7.92. The van der Waals surface area contributed by atoms with Crippen molar-refractivity contribution in [1.82, 2.24) is 5.32 Å². The predicted octanol–water partition coefficient (Wildman–Crippen LogP) is 1.80. The van der Waals surface area contributed by atoms with Crippen molar-refractivity contribution in [1.29, 1.82) is 0 Å². The van der Waals surface area contributed by atoms with Gasteiger partial charge in [0.05, 0.1) is 6.54 Å². The highest BCUT2D eigenvalue weighted by Crippen LogP contribution is 2.44. The molecule has 0 bridgehead atoms. The van der Waals surface area contributed by atoms with Crippen molar-refractivity contribution in [3.63, 3.8) is 0 Å². The van der Waals surface area contributed by atoms with E-state index in [2.05, 4.69) is 5.32 Å². The second-order valence-corrected chi connectivity index (χ2v) is 4.34. The molecule has 14 heavy (non-hydrogen) atoms. The summed E-state index contributed by atoms with van der Waals surface area (Å²) in [4.78, 5) is 0. The SMILES string of the molecule is OCC1(CNCc2ccc(Cl)o2)CC1. The summed E-state index contributed by atoms with van der Waals surface area (Å²) in [7, 11) is 0. The minimum Gasteiger partial charge on any atom is -0.448 e. The van der Waals surface area contributed by atoms with Crippen LogP contribution in [-0.2, 0) is 6.54 Å². The summed E-state index contributed by atoms with van der Waals surface area (Å²) in [6.45, 7) is 1.80. The lowest BCUT2D eigenvalue weighted by Crippen LogP contribution is -2.25. The molecule has 0 aromatic carbocycles. The smallest absolute Gasteiger partial charge is 0.193 e. The molecule has 0 atom stereocenters. The van der Waals surface area contributed by atoms with Crippen LogP contribution in [0.4, 0.5) is 0 Å². The van der Waals surface area contributed by atoms with E-state index in [-0.39, 0.29) is 12.0 Å². The number of aliphatic hydroxyl groups excluding tert-OH is 1. The Morgan fingerprint density at radius 2 is 2.29 bits per heavy atom. The van der Waals surface area contributed by atoms with Gasteiger partial charge in [0.1, 0.15) is 5.76 Å². The van der Waals surface area contributed by atoms with Crippen LogP contribution < -0.4 is 5.32 Å². The van der Waals surface area contributed by atoms with Gasteiger partial charge in [0.15, 0.2) is 5.22 Å². The van der Waals surface area contributed by atoms with Gasteiger partial charge in [0.2, 0.25) is 0 Å².